The van der Waals surface area contributed by atoms with Gasteiger partial charge in [-0.2, -0.15) is 0 Å². The summed E-state index contributed by atoms with van der Waals surface area (Å²) in [6, 6.07) is 6.22. The molecule has 2 heteroatoms. The SMILES string of the molecule is CCc1cccc(CC)c1NC(=O)C(C)C. The molecule has 0 spiro atoms. The number of nitrogens with one attached hydrogen (secondary N) is 1. The fourth-order valence-electron chi connectivity index (χ4n) is 1.67. The highest BCUT2D eigenvalue weighted by atomic mass is 16.1. The summed E-state index contributed by atoms with van der Waals surface area (Å²) < 4.78 is 0. The van der Waals surface area contributed by atoms with Crippen molar-refractivity contribution < 1.29 is 4.79 Å². The first kappa shape index (κ1) is 12.8. The van der Waals surface area contributed by atoms with Crippen LogP contribution in [0.25, 0.3) is 0 Å². The number of hydrogen-bond acceptors (Lipinski definition) is 1. The van der Waals surface area contributed by atoms with Gasteiger partial charge in [-0.3, -0.25) is 4.79 Å². The number of para-hydroxylation sites is 1. The largest absolute Gasteiger partial charge is 0.325 e. The summed E-state index contributed by atoms with van der Waals surface area (Å²) in [5.74, 6) is 0.116. The molecule has 0 aliphatic rings. The van der Waals surface area contributed by atoms with Crippen LogP contribution in [0.5, 0.6) is 0 Å². The van der Waals surface area contributed by atoms with Crippen molar-refractivity contribution in [1.82, 2.24) is 0 Å². The molecule has 0 saturated carbocycles. The predicted octanol–water partition coefficient (Wildman–Crippen LogP) is 3.41. The van der Waals surface area contributed by atoms with E-state index in [1.807, 2.05) is 13.8 Å². The Morgan fingerprint density at radius 2 is 1.69 bits per heavy atom. The molecule has 0 fully saturated rings. The van der Waals surface area contributed by atoms with Crippen LogP contribution in [0.15, 0.2) is 18.2 Å². The average Bonchev–Trinajstić information content (AvgIpc) is 2.29. The van der Waals surface area contributed by atoms with Gasteiger partial charge < -0.3 is 5.32 Å². The van der Waals surface area contributed by atoms with E-state index in [9.17, 15) is 4.79 Å². The van der Waals surface area contributed by atoms with Crippen LogP contribution in [0.4, 0.5) is 5.69 Å². The topological polar surface area (TPSA) is 29.1 Å². The molecule has 0 heterocycles. The minimum atomic E-state index is 0.0228. The minimum Gasteiger partial charge on any atom is -0.325 e. The van der Waals surface area contributed by atoms with Crippen molar-refractivity contribution in [3.05, 3.63) is 29.3 Å². The second-order valence-corrected chi connectivity index (χ2v) is 4.30. The predicted molar refractivity (Wildman–Crippen MR) is 68.7 cm³/mol. The van der Waals surface area contributed by atoms with E-state index in [0.29, 0.717) is 0 Å². The summed E-state index contributed by atoms with van der Waals surface area (Å²) in [7, 11) is 0. The summed E-state index contributed by atoms with van der Waals surface area (Å²) in [5.41, 5.74) is 3.45. The summed E-state index contributed by atoms with van der Waals surface area (Å²) in [5, 5.41) is 3.04. The Bertz CT molecular complexity index is 347. The van der Waals surface area contributed by atoms with Gasteiger partial charge in [0.2, 0.25) is 5.91 Å². The molecule has 0 radical (unpaired) electrons. The molecule has 1 rings (SSSR count). The molecule has 0 aromatic heterocycles. The fourth-order valence-corrected chi connectivity index (χ4v) is 1.67. The van der Waals surface area contributed by atoms with Gasteiger partial charge in [-0.25, -0.2) is 0 Å². The van der Waals surface area contributed by atoms with Crippen LogP contribution in [-0.2, 0) is 17.6 Å². The maximum Gasteiger partial charge on any atom is 0.226 e. The molecule has 16 heavy (non-hydrogen) atoms. The van der Waals surface area contributed by atoms with Crippen molar-refractivity contribution in [2.45, 2.75) is 40.5 Å². The number of rotatable bonds is 4. The van der Waals surface area contributed by atoms with Crippen LogP contribution in [0.2, 0.25) is 0 Å². The molecule has 0 aliphatic heterocycles. The van der Waals surface area contributed by atoms with Gasteiger partial charge in [-0.05, 0) is 24.0 Å². The third-order valence-corrected chi connectivity index (χ3v) is 2.77. The molecule has 1 amide bonds. The van der Waals surface area contributed by atoms with Crippen LogP contribution >= 0.6 is 0 Å². The monoisotopic (exact) mass is 219 g/mol. The number of hydrogen-bond donors (Lipinski definition) is 1. The normalized spacial score (nSPS) is 10.6. The standard InChI is InChI=1S/C14H21NO/c1-5-11-8-7-9-12(6-2)13(11)15-14(16)10(3)4/h7-10H,5-6H2,1-4H3,(H,15,16). The van der Waals surface area contributed by atoms with E-state index in [4.69, 9.17) is 0 Å². The molecule has 2 nitrogen and oxygen atoms in total. The molecule has 0 bridgehead atoms. The number of aryl methyl sites for hydroxylation is 2. The third kappa shape index (κ3) is 2.84. The molecule has 88 valence electrons. The van der Waals surface area contributed by atoms with Gasteiger partial charge in [-0.1, -0.05) is 45.9 Å². The summed E-state index contributed by atoms with van der Waals surface area (Å²) in [6.45, 7) is 8.05. The molecule has 0 saturated heterocycles. The van der Waals surface area contributed by atoms with Gasteiger partial charge in [0.25, 0.3) is 0 Å². The van der Waals surface area contributed by atoms with Crippen molar-refractivity contribution in [3.8, 4) is 0 Å². The first-order valence-electron chi connectivity index (χ1n) is 6.01. The van der Waals surface area contributed by atoms with Crippen LogP contribution in [-0.4, -0.2) is 5.91 Å². The van der Waals surface area contributed by atoms with E-state index < -0.39 is 0 Å². The molecule has 0 atom stereocenters. The Morgan fingerprint density at radius 3 is 2.06 bits per heavy atom. The zero-order valence-electron chi connectivity index (χ0n) is 10.6. The number of carbonyl (C=O) groups excluding carboxylic acids is 1. The summed E-state index contributed by atoms with van der Waals surface area (Å²) >= 11 is 0. The molecule has 0 unspecified atom stereocenters. The second kappa shape index (κ2) is 5.69. The Hall–Kier alpha value is -1.31. The van der Waals surface area contributed by atoms with Crippen LogP contribution in [0.3, 0.4) is 0 Å². The van der Waals surface area contributed by atoms with E-state index in [1.54, 1.807) is 0 Å². The lowest BCUT2D eigenvalue weighted by atomic mass is 10.0. The summed E-state index contributed by atoms with van der Waals surface area (Å²) in [4.78, 5) is 11.7. The zero-order valence-corrected chi connectivity index (χ0v) is 10.6. The zero-order chi connectivity index (χ0) is 12.1. The molecule has 1 N–H and O–H groups in total. The van der Waals surface area contributed by atoms with E-state index >= 15 is 0 Å². The van der Waals surface area contributed by atoms with Gasteiger partial charge >= 0.3 is 0 Å². The number of benzene rings is 1. The average molecular weight is 219 g/mol. The first-order valence-corrected chi connectivity index (χ1v) is 6.01. The highest BCUT2D eigenvalue weighted by molar-refractivity contribution is 5.93. The van der Waals surface area contributed by atoms with Crippen molar-refractivity contribution in [3.63, 3.8) is 0 Å². The third-order valence-electron chi connectivity index (χ3n) is 2.77. The maximum atomic E-state index is 11.7. The fraction of sp³-hybridized carbons (Fsp3) is 0.500. The van der Waals surface area contributed by atoms with Crippen molar-refractivity contribution in [1.29, 1.82) is 0 Å². The van der Waals surface area contributed by atoms with Crippen LogP contribution in [0, 0.1) is 5.92 Å². The second-order valence-electron chi connectivity index (χ2n) is 4.30. The Morgan fingerprint density at radius 1 is 1.19 bits per heavy atom. The Balaban J connectivity index is 3.04. The first-order chi connectivity index (χ1) is 7.60. The Kier molecular flexibility index (Phi) is 4.53. The highest BCUT2D eigenvalue weighted by Gasteiger charge is 2.12. The molecular formula is C14H21NO. The van der Waals surface area contributed by atoms with Crippen LogP contribution in [0.1, 0.15) is 38.8 Å². The maximum absolute atomic E-state index is 11.7. The smallest absolute Gasteiger partial charge is 0.226 e. The van der Waals surface area contributed by atoms with Crippen molar-refractivity contribution >= 4 is 11.6 Å². The number of amides is 1. The van der Waals surface area contributed by atoms with Gasteiger partial charge in [0.15, 0.2) is 0 Å². The van der Waals surface area contributed by atoms with Crippen molar-refractivity contribution in [2.24, 2.45) is 5.92 Å². The minimum absolute atomic E-state index is 0.0228. The van der Waals surface area contributed by atoms with Crippen molar-refractivity contribution in [2.75, 3.05) is 5.32 Å². The van der Waals surface area contributed by atoms with E-state index in [1.165, 1.54) is 11.1 Å². The molecule has 1 aromatic carbocycles. The van der Waals surface area contributed by atoms with E-state index in [0.717, 1.165) is 18.5 Å². The quantitative estimate of drug-likeness (QED) is 0.826. The Labute approximate surface area is 98.1 Å². The van der Waals surface area contributed by atoms with Gasteiger partial charge in [0.1, 0.15) is 0 Å². The highest BCUT2D eigenvalue weighted by Crippen LogP contribution is 2.23. The lowest BCUT2D eigenvalue weighted by Crippen LogP contribution is -2.19. The summed E-state index contributed by atoms with van der Waals surface area (Å²) in [6.07, 6.45) is 1.89. The molecular weight excluding hydrogens is 198 g/mol. The lowest BCUT2D eigenvalue weighted by molar-refractivity contribution is -0.118. The van der Waals surface area contributed by atoms with Gasteiger partial charge in [0, 0.05) is 11.6 Å². The number of anilines is 1. The molecule has 0 aliphatic carbocycles. The van der Waals surface area contributed by atoms with E-state index in [-0.39, 0.29) is 11.8 Å². The van der Waals surface area contributed by atoms with Gasteiger partial charge in [-0.15, -0.1) is 0 Å². The van der Waals surface area contributed by atoms with Gasteiger partial charge in [0.05, 0.1) is 0 Å². The lowest BCUT2D eigenvalue weighted by Gasteiger charge is -2.15. The number of carbonyl (C=O) groups is 1. The molecule has 1 aromatic rings. The van der Waals surface area contributed by atoms with E-state index in [2.05, 4.69) is 37.4 Å². The van der Waals surface area contributed by atoms with Crippen LogP contribution < -0.4 is 5.32 Å².